The van der Waals surface area contributed by atoms with Crippen molar-refractivity contribution in [3.05, 3.63) is 59.7 Å². The van der Waals surface area contributed by atoms with Crippen LogP contribution >= 0.6 is 0 Å². The third-order valence-electron chi connectivity index (χ3n) is 3.76. The highest BCUT2D eigenvalue weighted by molar-refractivity contribution is 5.97. The van der Waals surface area contributed by atoms with E-state index in [0.717, 1.165) is 17.8 Å². The standard InChI is InChI=1S/C19H23N3O2/c1-4-14-8-10-16(11-9-14)22-18(23)13(2)21-17-7-5-6-15(12-17)19(24)20-3/h5-13,21H,4H2,1-3H3,(H,20,24)(H,22,23)/t13-/m1/s1. The molecule has 0 fully saturated rings. The van der Waals surface area contributed by atoms with Crippen LogP contribution in [-0.4, -0.2) is 24.9 Å². The summed E-state index contributed by atoms with van der Waals surface area (Å²) in [5, 5.41) is 8.57. The highest BCUT2D eigenvalue weighted by Crippen LogP contribution is 2.14. The molecule has 5 nitrogen and oxygen atoms in total. The van der Waals surface area contributed by atoms with Crippen molar-refractivity contribution in [2.24, 2.45) is 0 Å². The summed E-state index contributed by atoms with van der Waals surface area (Å²) in [5.41, 5.74) is 3.26. The lowest BCUT2D eigenvalue weighted by atomic mass is 10.1. The first-order chi connectivity index (χ1) is 11.5. The molecule has 0 unspecified atom stereocenters. The molecule has 0 aromatic heterocycles. The number of carbonyl (C=O) groups is 2. The zero-order valence-electron chi connectivity index (χ0n) is 14.2. The Labute approximate surface area is 142 Å². The van der Waals surface area contributed by atoms with Crippen molar-refractivity contribution in [2.75, 3.05) is 17.7 Å². The van der Waals surface area contributed by atoms with E-state index < -0.39 is 6.04 Å². The van der Waals surface area contributed by atoms with Crippen LogP contribution in [0.5, 0.6) is 0 Å². The van der Waals surface area contributed by atoms with Gasteiger partial charge in [-0.3, -0.25) is 9.59 Å². The van der Waals surface area contributed by atoms with Gasteiger partial charge in [-0.05, 0) is 49.2 Å². The summed E-state index contributed by atoms with van der Waals surface area (Å²) in [6.07, 6.45) is 0.966. The summed E-state index contributed by atoms with van der Waals surface area (Å²) >= 11 is 0. The predicted octanol–water partition coefficient (Wildman–Crippen LogP) is 3.05. The minimum absolute atomic E-state index is 0.135. The second-order valence-electron chi connectivity index (χ2n) is 5.57. The summed E-state index contributed by atoms with van der Waals surface area (Å²) in [6.45, 7) is 3.87. The van der Waals surface area contributed by atoms with Gasteiger partial charge in [0.2, 0.25) is 5.91 Å². The van der Waals surface area contributed by atoms with E-state index >= 15 is 0 Å². The van der Waals surface area contributed by atoms with E-state index in [-0.39, 0.29) is 11.8 Å². The number of nitrogens with one attached hydrogen (secondary N) is 3. The molecule has 5 heteroatoms. The Morgan fingerprint density at radius 2 is 1.75 bits per heavy atom. The Morgan fingerprint density at radius 3 is 2.38 bits per heavy atom. The molecule has 0 spiro atoms. The molecule has 0 bridgehead atoms. The van der Waals surface area contributed by atoms with Gasteiger partial charge in [0.25, 0.3) is 5.91 Å². The SMILES string of the molecule is CCc1ccc(NC(=O)[C@@H](C)Nc2cccc(C(=O)NC)c2)cc1. The van der Waals surface area contributed by atoms with E-state index in [0.29, 0.717) is 5.56 Å². The van der Waals surface area contributed by atoms with E-state index in [9.17, 15) is 9.59 Å². The van der Waals surface area contributed by atoms with Gasteiger partial charge in [0.1, 0.15) is 6.04 Å². The van der Waals surface area contributed by atoms with Crippen molar-refractivity contribution in [1.29, 1.82) is 0 Å². The number of aryl methyl sites for hydroxylation is 1. The third-order valence-corrected chi connectivity index (χ3v) is 3.76. The Morgan fingerprint density at radius 1 is 1.04 bits per heavy atom. The highest BCUT2D eigenvalue weighted by atomic mass is 16.2. The zero-order chi connectivity index (χ0) is 17.5. The smallest absolute Gasteiger partial charge is 0.251 e. The normalized spacial score (nSPS) is 11.5. The maximum Gasteiger partial charge on any atom is 0.251 e. The number of carbonyl (C=O) groups excluding carboxylic acids is 2. The van der Waals surface area contributed by atoms with E-state index in [4.69, 9.17) is 0 Å². The number of hydrogen-bond acceptors (Lipinski definition) is 3. The molecule has 0 radical (unpaired) electrons. The molecule has 3 N–H and O–H groups in total. The molecule has 2 rings (SSSR count). The van der Waals surface area contributed by atoms with Crippen molar-refractivity contribution in [2.45, 2.75) is 26.3 Å². The summed E-state index contributed by atoms with van der Waals surface area (Å²) in [5.74, 6) is -0.295. The zero-order valence-corrected chi connectivity index (χ0v) is 14.2. The van der Waals surface area contributed by atoms with Gasteiger partial charge < -0.3 is 16.0 Å². The number of benzene rings is 2. The average Bonchev–Trinajstić information content (AvgIpc) is 2.61. The van der Waals surface area contributed by atoms with Crippen LogP contribution in [0.1, 0.15) is 29.8 Å². The third kappa shape index (κ3) is 4.59. The molecule has 0 saturated carbocycles. The first-order valence-electron chi connectivity index (χ1n) is 8.02. The van der Waals surface area contributed by atoms with Crippen LogP contribution in [0.3, 0.4) is 0 Å². The molecule has 0 heterocycles. The van der Waals surface area contributed by atoms with Crippen LogP contribution in [0.2, 0.25) is 0 Å². The Bertz CT molecular complexity index is 711. The maximum atomic E-state index is 12.3. The first-order valence-corrected chi connectivity index (χ1v) is 8.02. The second-order valence-corrected chi connectivity index (χ2v) is 5.57. The van der Waals surface area contributed by atoms with Crippen molar-refractivity contribution in [3.8, 4) is 0 Å². The monoisotopic (exact) mass is 325 g/mol. The molecule has 2 amide bonds. The molecule has 2 aromatic rings. The van der Waals surface area contributed by atoms with Gasteiger partial charge in [0.05, 0.1) is 0 Å². The summed E-state index contributed by atoms with van der Waals surface area (Å²) in [7, 11) is 1.59. The minimum atomic E-state index is -0.434. The van der Waals surface area contributed by atoms with E-state index in [1.807, 2.05) is 30.3 Å². The van der Waals surface area contributed by atoms with Crippen molar-refractivity contribution in [3.63, 3.8) is 0 Å². The van der Waals surface area contributed by atoms with Crippen LogP contribution in [0.15, 0.2) is 48.5 Å². The van der Waals surface area contributed by atoms with Gasteiger partial charge in [-0.25, -0.2) is 0 Å². The van der Waals surface area contributed by atoms with Gasteiger partial charge in [-0.2, -0.15) is 0 Å². The number of amides is 2. The van der Waals surface area contributed by atoms with Crippen LogP contribution in [-0.2, 0) is 11.2 Å². The van der Waals surface area contributed by atoms with Gasteiger partial charge in [-0.15, -0.1) is 0 Å². The van der Waals surface area contributed by atoms with Crippen LogP contribution in [0, 0.1) is 0 Å². The molecule has 0 aliphatic carbocycles. The fourth-order valence-corrected chi connectivity index (χ4v) is 2.28. The lowest BCUT2D eigenvalue weighted by Gasteiger charge is -2.16. The van der Waals surface area contributed by atoms with Gasteiger partial charge >= 0.3 is 0 Å². The number of hydrogen-bond donors (Lipinski definition) is 3. The molecule has 0 aliphatic heterocycles. The number of rotatable bonds is 6. The summed E-state index contributed by atoms with van der Waals surface area (Å²) in [4.78, 5) is 24.0. The molecule has 2 aromatic carbocycles. The quantitative estimate of drug-likeness (QED) is 0.764. The first kappa shape index (κ1) is 17.5. The highest BCUT2D eigenvalue weighted by Gasteiger charge is 2.13. The largest absolute Gasteiger partial charge is 0.374 e. The molecular weight excluding hydrogens is 302 g/mol. The molecule has 1 atom stereocenters. The topological polar surface area (TPSA) is 70.2 Å². The average molecular weight is 325 g/mol. The van der Waals surface area contributed by atoms with E-state index in [2.05, 4.69) is 22.9 Å². The van der Waals surface area contributed by atoms with Crippen molar-refractivity contribution >= 4 is 23.2 Å². The second kappa shape index (κ2) is 8.15. The van der Waals surface area contributed by atoms with Gasteiger partial charge in [-0.1, -0.05) is 25.1 Å². The molecule has 0 aliphatic rings. The Kier molecular flexibility index (Phi) is 5.95. The molecule has 126 valence electrons. The molecular formula is C19H23N3O2. The van der Waals surface area contributed by atoms with Crippen molar-refractivity contribution in [1.82, 2.24) is 5.32 Å². The Balaban J connectivity index is 1.99. The Hall–Kier alpha value is -2.82. The van der Waals surface area contributed by atoms with Crippen LogP contribution in [0.25, 0.3) is 0 Å². The summed E-state index contributed by atoms with van der Waals surface area (Å²) in [6, 6.07) is 14.4. The summed E-state index contributed by atoms with van der Waals surface area (Å²) < 4.78 is 0. The van der Waals surface area contributed by atoms with Crippen LogP contribution < -0.4 is 16.0 Å². The maximum absolute atomic E-state index is 12.3. The molecule has 24 heavy (non-hydrogen) atoms. The van der Waals surface area contributed by atoms with Gasteiger partial charge in [0, 0.05) is 24.0 Å². The predicted molar refractivity (Wildman–Crippen MR) is 97.4 cm³/mol. The fourth-order valence-electron chi connectivity index (χ4n) is 2.28. The number of anilines is 2. The lowest BCUT2D eigenvalue weighted by molar-refractivity contribution is -0.116. The fraction of sp³-hybridized carbons (Fsp3) is 0.263. The molecule has 0 saturated heterocycles. The van der Waals surface area contributed by atoms with E-state index in [1.54, 1.807) is 32.2 Å². The minimum Gasteiger partial charge on any atom is -0.374 e. The van der Waals surface area contributed by atoms with Crippen LogP contribution in [0.4, 0.5) is 11.4 Å². The van der Waals surface area contributed by atoms with Crippen molar-refractivity contribution < 1.29 is 9.59 Å². The van der Waals surface area contributed by atoms with E-state index in [1.165, 1.54) is 5.56 Å². The van der Waals surface area contributed by atoms with Gasteiger partial charge in [0.15, 0.2) is 0 Å². The lowest BCUT2D eigenvalue weighted by Crippen LogP contribution is -2.32.